The summed E-state index contributed by atoms with van der Waals surface area (Å²) in [6.07, 6.45) is 1.09. The normalized spacial score (nSPS) is 17.0. The molecule has 17 heavy (non-hydrogen) atoms. The Hall–Kier alpha value is -1.10. The Morgan fingerprint density at radius 3 is 2.59 bits per heavy atom. The molecule has 1 fully saturated rings. The van der Waals surface area contributed by atoms with Gasteiger partial charge in [-0.15, -0.1) is 0 Å². The van der Waals surface area contributed by atoms with Crippen molar-refractivity contribution in [2.45, 2.75) is 6.42 Å². The van der Waals surface area contributed by atoms with Crippen LogP contribution in [-0.4, -0.2) is 44.9 Å². The summed E-state index contributed by atoms with van der Waals surface area (Å²) in [5, 5.41) is 0. The quantitative estimate of drug-likeness (QED) is 0.786. The van der Waals surface area contributed by atoms with Crippen molar-refractivity contribution in [3.05, 3.63) is 29.8 Å². The lowest BCUT2D eigenvalue weighted by Gasteiger charge is -2.26. The van der Waals surface area contributed by atoms with Crippen LogP contribution in [-0.2, 0) is 16.0 Å². The first-order valence-electron chi connectivity index (χ1n) is 6.06. The minimum Gasteiger partial charge on any atom is -0.379 e. The molecule has 94 valence electrons. The fourth-order valence-corrected chi connectivity index (χ4v) is 1.97. The molecule has 4 heteroatoms. The van der Waals surface area contributed by atoms with E-state index in [1.54, 1.807) is 7.11 Å². The average Bonchev–Trinajstić information content (AvgIpc) is 2.40. The van der Waals surface area contributed by atoms with E-state index in [1.165, 1.54) is 5.56 Å². The summed E-state index contributed by atoms with van der Waals surface area (Å²) >= 11 is 0. The third-order valence-electron chi connectivity index (χ3n) is 2.99. The molecule has 1 saturated heterocycles. The molecule has 0 atom stereocenters. The van der Waals surface area contributed by atoms with Crippen molar-refractivity contribution in [1.29, 1.82) is 0 Å². The summed E-state index contributed by atoms with van der Waals surface area (Å²) in [5.74, 6) is 0. The molecule has 0 saturated carbocycles. The third kappa shape index (κ3) is 4.00. The fraction of sp³-hybridized carbons (Fsp3) is 0.538. The number of morpholine rings is 1. The number of nitrogens with one attached hydrogen (secondary N) is 1. The van der Waals surface area contributed by atoms with Gasteiger partial charge in [0.05, 0.1) is 26.0 Å². The first-order valence-corrected chi connectivity index (χ1v) is 6.06. The van der Waals surface area contributed by atoms with Crippen LogP contribution in [0.25, 0.3) is 0 Å². The molecule has 1 aromatic rings. The van der Waals surface area contributed by atoms with Gasteiger partial charge in [-0.05, 0) is 24.1 Å². The lowest BCUT2D eigenvalue weighted by atomic mass is 10.1. The molecule has 0 bridgehead atoms. The number of anilines is 1. The van der Waals surface area contributed by atoms with E-state index in [0.717, 1.165) is 45.0 Å². The van der Waals surface area contributed by atoms with Crippen LogP contribution < -0.4 is 5.48 Å². The molecule has 1 heterocycles. The van der Waals surface area contributed by atoms with Gasteiger partial charge in [-0.3, -0.25) is 15.2 Å². The van der Waals surface area contributed by atoms with E-state index in [2.05, 4.69) is 22.5 Å². The molecule has 1 aliphatic heterocycles. The Labute approximate surface area is 102 Å². The Balaban J connectivity index is 1.77. The van der Waals surface area contributed by atoms with Gasteiger partial charge in [0.1, 0.15) is 0 Å². The van der Waals surface area contributed by atoms with Crippen molar-refractivity contribution in [2.75, 3.05) is 45.4 Å². The lowest BCUT2D eigenvalue weighted by molar-refractivity contribution is 0.0384. The SMILES string of the molecule is CONc1ccc(CCN2CCOCC2)cc1. The van der Waals surface area contributed by atoms with E-state index >= 15 is 0 Å². The average molecular weight is 236 g/mol. The van der Waals surface area contributed by atoms with Crippen molar-refractivity contribution in [3.63, 3.8) is 0 Å². The maximum Gasteiger partial charge on any atom is 0.0636 e. The van der Waals surface area contributed by atoms with Gasteiger partial charge in [0, 0.05) is 19.6 Å². The maximum atomic E-state index is 5.33. The maximum absolute atomic E-state index is 5.33. The van der Waals surface area contributed by atoms with Crippen molar-refractivity contribution in [2.24, 2.45) is 0 Å². The highest BCUT2D eigenvalue weighted by molar-refractivity contribution is 5.42. The zero-order valence-corrected chi connectivity index (χ0v) is 10.3. The minimum absolute atomic E-state index is 0.872. The van der Waals surface area contributed by atoms with Gasteiger partial charge in [0.2, 0.25) is 0 Å². The number of benzene rings is 1. The van der Waals surface area contributed by atoms with Crippen LogP contribution in [0.4, 0.5) is 5.69 Å². The summed E-state index contributed by atoms with van der Waals surface area (Å²) in [6.45, 7) is 4.97. The highest BCUT2D eigenvalue weighted by Gasteiger charge is 2.09. The number of rotatable bonds is 5. The largest absolute Gasteiger partial charge is 0.379 e. The minimum atomic E-state index is 0.872. The molecule has 4 nitrogen and oxygen atoms in total. The monoisotopic (exact) mass is 236 g/mol. The lowest BCUT2D eigenvalue weighted by Crippen LogP contribution is -2.37. The standard InChI is InChI=1S/C13H20N2O2/c1-16-14-13-4-2-12(3-5-13)6-7-15-8-10-17-11-9-15/h2-5,14H,6-11H2,1H3. The van der Waals surface area contributed by atoms with E-state index in [9.17, 15) is 0 Å². The Morgan fingerprint density at radius 2 is 1.94 bits per heavy atom. The number of hydrogen-bond acceptors (Lipinski definition) is 4. The van der Waals surface area contributed by atoms with Crippen LogP contribution in [0.3, 0.4) is 0 Å². The first kappa shape index (κ1) is 12.4. The summed E-state index contributed by atoms with van der Waals surface area (Å²) in [5.41, 5.74) is 5.16. The second-order valence-corrected chi connectivity index (χ2v) is 4.21. The molecular weight excluding hydrogens is 216 g/mol. The molecule has 0 radical (unpaired) electrons. The Morgan fingerprint density at radius 1 is 1.24 bits per heavy atom. The van der Waals surface area contributed by atoms with Crippen molar-refractivity contribution >= 4 is 5.69 Å². The highest BCUT2D eigenvalue weighted by Crippen LogP contribution is 2.10. The van der Waals surface area contributed by atoms with Crippen molar-refractivity contribution in [3.8, 4) is 0 Å². The zero-order chi connectivity index (χ0) is 11.9. The summed E-state index contributed by atoms with van der Waals surface area (Å²) in [4.78, 5) is 7.30. The zero-order valence-electron chi connectivity index (χ0n) is 10.3. The molecule has 2 rings (SSSR count). The van der Waals surface area contributed by atoms with Gasteiger partial charge in [-0.1, -0.05) is 12.1 Å². The molecule has 0 amide bonds. The van der Waals surface area contributed by atoms with E-state index in [4.69, 9.17) is 9.57 Å². The van der Waals surface area contributed by atoms with Gasteiger partial charge in [-0.2, -0.15) is 0 Å². The highest BCUT2D eigenvalue weighted by atomic mass is 16.6. The predicted molar refractivity (Wildman–Crippen MR) is 68.0 cm³/mol. The topological polar surface area (TPSA) is 33.7 Å². The smallest absolute Gasteiger partial charge is 0.0636 e. The summed E-state index contributed by atoms with van der Waals surface area (Å²) < 4.78 is 5.33. The molecule has 0 unspecified atom stereocenters. The van der Waals surface area contributed by atoms with E-state index in [-0.39, 0.29) is 0 Å². The summed E-state index contributed by atoms with van der Waals surface area (Å²) in [7, 11) is 1.62. The van der Waals surface area contributed by atoms with E-state index in [0.29, 0.717) is 0 Å². The number of nitrogens with zero attached hydrogens (tertiary/aromatic N) is 1. The van der Waals surface area contributed by atoms with E-state index in [1.807, 2.05) is 12.1 Å². The molecule has 1 aromatic carbocycles. The predicted octanol–water partition coefficient (Wildman–Crippen LogP) is 1.53. The molecule has 0 aliphatic carbocycles. The molecule has 1 N–H and O–H groups in total. The van der Waals surface area contributed by atoms with Gasteiger partial charge >= 0.3 is 0 Å². The second-order valence-electron chi connectivity index (χ2n) is 4.21. The van der Waals surface area contributed by atoms with Crippen LogP contribution in [0.5, 0.6) is 0 Å². The fourth-order valence-electron chi connectivity index (χ4n) is 1.97. The van der Waals surface area contributed by atoms with Gasteiger partial charge < -0.3 is 4.74 Å². The number of ether oxygens (including phenoxy) is 1. The Bertz CT molecular complexity index is 321. The van der Waals surface area contributed by atoms with Crippen LogP contribution in [0.15, 0.2) is 24.3 Å². The van der Waals surface area contributed by atoms with E-state index < -0.39 is 0 Å². The third-order valence-corrected chi connectivity index (χ3v) is 2.99. The molecule has 0 aromatic heterocycles. The van der Waals surface area contributed by atoms with Gasteiger partial charge in [-0.25, -0.2) is 0 Å². The van der Waals surface area contributed by atoms with Crippen molar-refractivity contribution in [1.82, 2.24) is 4.90 Å². The molecule has 1 aliphatic rings. The van der Waals surface area contributed by atoms with Crippen molar-refractivity contribution < 1.29 is 9.57 Å². The first-order chi connectivity index (χ1) is 8.38. The van der Waals surface area contributed by atoms with Crippen LogP contribution in [0, 0.1) is 0 Å². The second kappa shape index (κ2) is 6.59. The molecular formula is C13H20N2O2. The number of hydrogen-bond donors (Lipinski definition) is 1. The summed E-state index contributed by atoms with van der Waals surface area (Å²) in [6, 6.07) is 8.36. The van der Waals surface area contributed by atoms with Crippen LogP contribution in [0.2, 0.25) is 0 Å². The van der Waals surface area contributed by atoms with Crippen LogP contribution >= 0.6 is 0 Å². The molecule has 0 spiro atoms. The van der Waals surface area contributed by atoms with Gasteiger partial charge in [0.15, 0.2) is 0 Å². The van der Waals surface area contributed by atoms with Crippen LogP contribution in [0.1, 0.15) is 5.56 Å². The van der Waals surface area contributed by atoms with Gasteiger partial charge in [0.25, 0.3) is 0 Å². The Kier molecular flexibility index (Phi) is 4.79.